The average molecular weight is 292 g/mol. The Morgan fingerprint density at radius 3 is 2.82 bits per heavy atom. The van der Waals surface area contributed by atoms with Crippen molar-refractivity contribution in [3.8, 4) is 11.5 Å². The van der Waals surface area contributed by atoms with Gasteiger partial charge in [0.05, 0.1) is 0 Å². The molecule has 0 aliphatic carbocycles. The predicted octanol–water partition coefficient (Wildman–Crippen LogP) is 4.44. The van der Waals surface area contributed by atoms with Gasteiger partial charge in [-0.3, -0.25) is 4.99 Å². The summed E-state index contributed by atoms with van der Waals surface area (Å²) in [5.74, 6) is 0.732. The molecule has 1 aliphatic rings. The van der Waals surface area contributed by atoms with Gasteiger partial charge in [0.15, 0.2) is 5.75 Å². The van der Waals surface area contributed by atoms with Crippen LogP contribution in [0.25, 0.3) is 0 Å². The Morgan fingerprint density at radius 1 is 1.12 bits per heavy atom. The van der Waals surface area contributed by atoms with Crippen LogP contribution in [-0.2, 0) is 0 Å². The van der Waals surface area contributed by atoms with E-state index in [1.165, 1.54) is 12.1 Å². The van der Waals surface area contributed by atoms with Crippen LogP contribution in [-0.4, -0.2) is 6.21 Å². The second-order valence-electron chi connectivity index (χ2n) is 3.63. The smallest absolute Gasteiger partial charge is 0.157 e. The zero-order chi connectivity index (χ0) is 11.8. The number of ether oxygens (including phenoxy) is 1. The third-order valence-electron chi connectivity index (χ3n) is 2.46. The Labute approximate surface area is 106 Å². The van der Waals surface area contributed by atoms with Gasteiger partial charge in [-0.2, -0.15) is 0 Å². The normalized spacial score (nSPS) is 12.4. The second-order valence-corrected chi connectivity index (χ2v) is 4.49. The largest absolute Gasteiger partial charge is 0.454 e. The van der Waals surface area contributed by atoms with E-state index in [0.717, 1.165) is 5.56 Å². The van der Waals surface area contributed by atoms with Gasteiger partial charge >= 0.3 is 0 Å². The van der Waals surface area contributed by atoms with E-state index in [9.17, 15) is 4.39 Å². The van der Waals surface area contributed by atoms with Crippen LogP contribution in [0.3, 0.4) is 0 Å². The fourth-order valence-electron chi connectivity index (χ4n) is 1.68. The summed E-state index contributed by atoms with van der Waals surface area (Å²) < 4.78 is 19.6. The van der Waals surface area contributed by atoms with Crippen molar-refractivity contribution in [3.63, 3.8) is 0 Å². The lowest BCUT2D eigenvalue weighted by Gasteiger charge is -2.08. The molecule has 1 aliphatic heterocycles. The van der Waals surface area contributed by atoms with Crippen LogP contribution < -0.4 is 4.74 Å². The quantitative estimate of drug-likeness (QED) is 0.600. The first-order valence-corrected chi connectivity index (χ1v) is 5.83. The van der Waals surface area contributed by atoms with E-state index in [0.29, 0.717) is 21.7 Å². The molecule has 0 unspecified atom stereocenters. The van der Waals surface area contributed by atoms with Gasteiger partial charge in [0.1, 0.15) is 17.3 Å². The first-order chi connectivity index (χ1) is 8.24. The van der Waals surface area contributed by atoms with Crippen molar-refractivity contribution in [3.05, 3.63) is 52.3 Å². The molecule has 0 aromatic heterocycles. The predicted molar refractivity (Wildman–Crippen MR) is 67.9 cm³/mol. The third-order valence-corrected chi connectivity index (χ3v) is 3.07. The molecule has 0 radical (unpaired) electrons. The molecule has 4 heteroatoms. The Balaban J connectivity index is 2.22. The number of nitrogens with zero attached hydrogens (tertiary/aromatic N) is 1. The highest BCUT2D eigenvalue weighted by Crippen LogP contribution is 2.41. The summed E-state index contributed by atoms with van der Waals surface area (Å²) in [5, 5.41) is 0. The number of aliphatic imine (C=N–C) groups is 1. The van der Waals surface area contributed by atoms with E-state index in [4.69, 9.17) is 4.74 Å². The van der Waals surface area contributed by atoms with E-state index in [-0.39, 0.29) is 5.82 Å². The first kappa shape index (κ1) is 10.5. The van der Waals surface area contributed by atoms with Crippen molar-refractivity contribution < 1.29 is 9.13 Å². The van der Waals surface area contributed by atoms with Crippen LogP contribution in [0.15, 0.2) is 45.9 Å². The number of rotatable bonds is 0. The Morgan fingerprint density at radius 2 is 1.94 bits per heavy atom. The molecule has 0 bridgehead atoms. The summed E-state index contributed by atoms with van der Waals surface area (Å²) in [6.45, 7) is 0. The van der Waals surface area contributed by atoms with Crippen LogP contribution in [0.4, 0.5) is 10.1 Å². The molecule has 1 heterocycles. The lowest BCUT2D eigenvalue weighted by Crippen LogP contribution is -1.88. The Kier molecular flexibility index (Phi) is 2.44. The van der Waals surface area contributed by atoms with Crippen LogP contribution in [0, 0.1) is 5.82 Å². The van der Waals surface area contributed by atoms with Crippen LogP contribution in [0.5, 0.6) is 11.5 Å². The zero-order valence-electron chi connectivity index (χ0n) is 8.65. The number of fused-ring (bicyclic) bond motifs is 2. The molecule has 2 nitrogen and oxygen atoms in total. The van der Waals surface area contributed by atoms with Crippen molar-refractivity contribution in [2.75, 3.05) is 0 Å². The van der Waals surface area contributed by atoms with Gasteiger partial charge < -0.3 is 4.74 Å². The molecule has 0 amide bonds. The van der Waals surface area contributed by atoms with E-state index in [1.54, 1.807) is 6.21 Å². The van der Waals surface area contributed by atoms with Gasteiger partial charge in [-0.15, -0.1) is 0 Å². The van der Waals surface area contributed by atoms with Crippen LogP contribution >= 0.6 is 15.9 Å². The lowest BCUT2D eigenvalue weighted by molar-refractivity contribution is 0.478. The molecule has 0 fully saturated rings. The minimum Gasteiger partial charge on any atom is -0.454 e. The standard InChI is InChI=1S/C13H7BrFNO/c14-10-5-9(15)6-12-13(10)16-7-8-3-1-2-4-11(8)17-12/h1-7H. The molecule has 2 aromatic rings. The fraction of sp³-hybridized carbons (Fsp3) is 0. The highest BCUT2D eigenvalue weighted by Gasteiger charge is 2.15. The van der Waals surface area contributed by atoms with Gasteiger partial charge in [-0.1, -0.05) is 12.1 Å². The number of benzene rings is 2. The molecule has 2 aromatic carbocycles. The lowest BCUT2D eigenvalue weighted by atomic mass is 10.2. The fourth-order valence-corrected chi connectivity index (χ4v) is 2.19. The summed E-state index contributed by atoms with van der Waals surface area (Å²) in [7, 11) is 0. The van der Waals surface area contributed by atoms with Gasteiger partial charge in [0.25, 0.3) is 0 Å². The summed E-state index contributed by atoms with van der Waals surface area (Å²) >= 11 is 3.28. The number of halogens is 2. The SMILES string of the molecule is Fc1cc(Br)c2c(c1)Oc1ccccc1C=N2. The third kappa shape index (κ3) is 1.85. The van der Waals surface area contributed by atoms with Gasteiger partial charge in [-0.25, -0.2) is 4.39 Å². The minimum atomic E-state index is -0.356. The molecule has 0 saturated carbocycles. The van der Waals surface area contributed by atoms with E-state index < -0.39 is 0 Å². The topological polar surface area (TPSA) is 21.6 Å². The Bertz CT molecular complexity index is 625. The van der Waals surface area contributed by atoms with Crippen molar-refractivity contribution in [1.82, 2.24) is 0 Å². The van der Waals surface area contributed by atoms with E-state index >= 15 is 0 Å². The highest BCUT2D eigenvalue weighted by molar-refractivity contribution is 9.10. The minimum absolute atomic E-state index is 0.356. The summed E-state index contributed by atoms with van der Waals surface area (Å²) in [5.41, 5.74) is 1.47. The van der Waals surface area contributed by atoms with E-state index in [2.05, 4.69) is 20.9 Å². The molecule has 0 spiro atoms. The number of hydrogen-bond acceptors (Lipinski definition) is 2. The maximum atomic E-state index is 13.3. The maximum absolute atomic E-state index is 13.3. The number of para-hydroxylation sites is 1. The second kappa shape index (κ2) is 3.96. The Hall–Kier alpha value is -1.68. The summed E-state index contributed by atoms with van der Waals surface area (Å²) in [6.07, 6.45) is 1.71. The summed E-state index contributed by atoms with van der Waals surface area (Å²) in [6, 6.07) is 10.2. The average Bonchev–Trinajstić information content (AvgIpc) is 2.47. The molecule has 0 atom stereocenters. The molecule has 0 N–H and O–H groups in total. The van der Waals surface area contributed by atoms with Gasteiger partial charge in [-0.05, 0) is 34.1 Å². The molecular weight excluding hydrogens is 285 g/mol. The maximum Gasteiger partial charge on any atom is 0.157 e. The first-order valence-electron chi connectivity index (χ1n) is 5.04. The number of hydrogen-bond donors (Lipinski definition) is 0. The van der Waals surface area contributed by atoms with Crippen molar-refractivity contribution in [1.29, 1.82) is 0 Å². The molecule has 84 valence electrons. The van der Waals surface area contributed by atoms with Crippen LogP contribution in [0.2, 0.25) is 0 Å². The van der Waals surface area contributed by atoms with Gasteiger partial charge in [0, 0.05) is 22.3 Å². The van der Waals surface area contributed by atoms with Crippen molar-refractivity contribution in [2.24, 2.45) is 4.99 Å². The van der Waals surface area contributed by atoms with E-state index in [1.807, 2.05) is 24.3 Å². The molecule has 17 heavy (non-hydrogen) atoms. The van der Waals surface area contributed by atoms with Crippen molar-refractivity contribution in [2.45, 2.75) is 0 Å². The molecule has 3 rings (SSSR count). The molecular formula is C13H7BrFNO. The summed E-state index contributed by atoms with van der Waals surface area (Å²) in [4.78, 5) is 4.31. The monoisotopic (exact) mass is 291 g/mol. The van der Waals surface area contributed by atoms with Crippen LogP contribution in [0.1, 0.15) is 5.56 Å². The van der Waals surface area contributed by atoms with Crippen molar-refractivity contribution >= 4 is 27.8 Å². The zero-order valence-corrected chi connectivity index (χ0v) is 10.2. The van der Waals surface area contributed by atoms with Gasteiger partial charge in [0.2, 0.25) is 0 Å². The highest BCUT2D eigenvalue weighted by atomic mass is 79.9. The molecule has 0 saturated heterocycles.